The van der Waals surface area contributed by atoms with Gasteiger partial charge in [-0.3, -0.25) is 4.79 Å². The van der Waals surface area contributed by atoms with Crippen LogP contribution in [0.4, 0.5) is 10.5 Å². The molecule has 4 bridgehead atoms. The molecule has 0 aromatic heterocycles. The Morgan fingerprint density at radius 1 is 1.00 bits per heavy atom. The van der Waals surface area contributed by atoms with Gasteiger partial charge >= 0.3 is 6.03 Å². The number of hydrogen-bond acceptors (Lipinski definition) is 2. The zero-order valence-corrected chi connectivity index (χ0v) is 14.8. The first-order valence-electron chi connectivity index (χ1n) is 9.42. The number of nitrogens with one attached hydrogen (secondary N) is 3. The third kappa shape index (κ3) is 3.65. The first kappa shape index (κ1) is 16.4. The molecule has 0 atom stereocenters. The van der Waals surface area contributed by atoms with Crippen LogP contribution in [0.3, 0.4) is 0 Å². The largest absolute Gasteiger partial charge is 0.352 e. The average molecular weight is 341 g/mol. The van der Waals surface area contributed by atoms with Gasteiger partial charge in [-0.15, -0.1) is 0 Å². The van der Waals surface area contributed by atoms with Gasteiger partial charge in [0.15, 0.2) is 0 Å². The summed E-state index contributed by atoms with van der Waals surface area (Å²) in [5.41, 5.74) is 1.83. The van der Waals surface area contributed by atoms with Gasteiger partial charge in [-0.2, -0.15) is 0 Å². The molecule has 0 heterocycles. The van der Waals surface area contributed by atoms with Crippen molar-refractivity contribution < 1.29 is 9.59 Å². The first-order valence-corrected chi connectivity index (χ1v) is 9.42. The second-order valence-corrected chi connectivity index (χ2v) is 8.38. The summed E-state index contributed by atoms with van der Waals surface area (Å²) in [4.78, 5) is 23.5. The molecule has 4 fully saturated rings. The number of urea groups is 1. The maximum Gasteiger partial charge on any atom is 0.319 e. The minimum absolute atomic E-state index is 0.0319. The molecule has 0 saturated heterocycles. The van der Waals surface area contributed by atoms with E-state index < -0.39 is 0 Å². The molecule has 4 saturated carbocycles. The molecule has 4 aliphatic rings. The Labute approximate surface area is 148 Å². The van der Waals surface area contributed by atoms with Gasteiger partial charge < -0.3 is 16.0 Å². The summed E-state index contributed by atoms with van der Waals surface area (Å²) >= 11 is 0. The Balaban J connectivity index is 1.34. The highest BCUT2D eigenvalue weighted by molar-refractivity contribution is 5.89. The highest BCUT2D eigenvalue weighted by Crippen LogP contribution is 2.55. The molecule has 134 valence electrons. The Bertz CT molecular complexity index is 633. The number of carbonyl (C=O) groups excluding carboxylic acids is 2. The van der Waals surface area contributed by atoms with Gasteiger partial charge in [-0.1, -0.05) is 12.1 Å². The van der Waals surface area contributed by atoms with Crippen molar-refractivity contribution in [3.63, 3.8) is 0 Å². The van der Waals surface area contributed by atoms with E-state index in [1.165, 1.54) is 26.2 Å². The number of amides is 3. The highest BCUT2D eigenvalue weighted by atomic mass is 16.2. The number of benzene rings is 1. The van der Waals surface area contributed by atoms with Crippen LogP contribution in [0, 0.1) is 17.8 Å². The van der Waals surface area contributed by atoms with Crippen LogP contribution in [0.25, 0.3) is 0 Å². The number of rotatable bonds is 4. The SMILES string of the molecule is CC(=O)NCc1ccc(NC(=O)NC23CC4CC(CC(C4)C2)C3)cc1. The fraction of sp³-hybridized carbons (Fsp3) is 0.600. The summed E-state index contributed by atoms with van der Waals surface area (Å²) in [5.74, 6) is 2.41. The topological polar surface area (TPSA) is 70.2 Å². The predicted molar refractivity (Wildman–Crippen MR) is 97.0 cm³/mol. The molecule has 5 heteroatoms. The van der Waals surface area contributed by atoms with E-state index in [-0.39, 0.29) is 17.5 Å². The zero-order valence-electron chi connectivity index (χ0n) is 14.8. The third-order valence-corrected chi connectivity index (χ3v) is 6.17. The lowest BCUT2D eigenvalue weighted by atomic mass is 9.53. The van der Waals surface area contributed by atoms with Crippen LogP contribution in [0.2, 0.25) is 0 Å². The summed E-state index contributed by atoms with van der Waals surface area (Å²) in [5, 5.41) is 9.06. The van der Waals surface area contributed by atoms with Gasteiger partial charge in [0.05, 0.1) is 0 Å². The highest BCUT2D eigenvalue weighted by Gasteiger charge is 2.51. The minimum Gasteiger partial charge on any atom is -0.352 e. The second kappa shape index (κ2) is 6.36. The van der Waals surface area contributed by atoms with Gasteiger partial charge in [0, 0.05) is 24.7 Å². The Morgan fingerprint density at radius 3 is 2.08 bits per heavy atom. The van der Waals surface area contributed by atoms with E-state index in [0.29, 0.717) is 6.54 Å². The van der Waals surface area contributed by atoms with Crippen molar-refractivity contribution in [2.45, 2.75) is 57.5 Å². The van der Waals surface area contributed by atoms with Gasteiger partial charge in [0.1, 0.15) is 0 Å². The van der Waals surface area contributed by atoms with Crippen LogP contribution in [0.15, 0.2) is 24.3 Å². The van der Waals surface area contributed by atoms with E-state index in [1.54, 1.807) is 0 Å². The number of hydrogen-bond donors (Lipinski definition) is 3. The van der Waals surface area contributed by atoms with Crippen LogP contribution in [-0.4, -0.2) is 17.5 Å². The number of anilines is 1. The van der Waals surface area contributed by atoms with Crippen molar-refractivity contribution in [2.75, 3.05) is 5.32 Å². The Morgan fingerprint density at radius 2 is 1.56 bits per heavy atom. The Kier molecular flexibility index (Phi) is 4.18. The molecule has 5 rings (SSSR count). The third-order valence-electron chi connectivity index (χ3n) is 6.17. The van der Waals surface area contributed by atoms with Crippen molar-refractivity contribution in [3.8, 4) is 0 Å². The van der Waals surface area contributed by atoms with Crippen LogP contribution in [0.5, 0.6) is 0 Å². The molecule has 4 aliphatic carbocycles. The van der Waals surface area contributed by atoms with Crippen LogP contribution in [0.1, 0.15) is 51.0 Å². The van der Waals surface area contributed by atoms with Gasteiger partial charge in [0.25, 0.3) is 0 Å². The lowest BCUT2D eigenvalue weighted by molar-refractivity contribution is -0.119. The normalized spacial score (nSPS) is 32.3. The van der Waals surface area contributed by atoms with Crippen LogP contribution < -0.4 is 16.0 Å². The van der Waals surface area contributed by atoms with Gasteiger partial charge in [0.2, 0.25) is 5.91 Å². The predicted octanol–water partition coefficient (Wildman–Crippen LogP) is 3.41. The smallest absolute Gasteiger partial charge is 0.319 e. The van der Waals surface area contributed by atoms with E-state index in [4.69, 9.17) is 0 Å². The van der Waals surface area contributed by atoms with Crippen molar-refractivity contribution in [3.05, 3.63) is 29.8 Å². The molecule has 0 aliphatic heterocycles. The lowest BCUT2D eigenvalue weighted by Crippen LogP contribution is -2.60. The van der Waals surface area contributed by atoms with E-state index in [0.717, 1.165) is 48.3 Å². The molecule has 0 unspecified atom stereocenters. The van der Waals surface area contributed by atoms with E-state index in [2.05, 4.69) is 16.0 Å². The van der Waals surface area contributed by atoms with Crippen LogP contribution in [-0.2, 0) is 11.3 Å². The monoisotopic (exact) mass is 341 g/mol. The molecule has 3 amide bonds. The molecule has 3 N–H and O–H groups in total. The Hall–Kier alpha value is -2.04. The van der Waals surface area contributed by atoms with E-state index >= 15 is 0 Å². The van der Waals surface area contributed by atoms with E-state index in [1.807, 2.05) is 24.3 Å². The summed E-state index contributed by atoms with van der Waals surface area (Å²) < 4.78 is 0. The molecule has 0 spiro atoms. The fourth-order valence-corrected chi connectivity index (χ4v) is 5.60. The molecule has 1 aromatic rings. The van der Waals surface area contributed by atoms with Crippen LogP contribution >= 0.6 is 0 Å². The molecular weight excluding hydrogens is 314 g/mol. The van der Waals surface area contributed by atoms with Crippen molar-refractivity contribution in [1.29, 1.82) is 0 Å². The minimum atomic E-state index is -0.0865. The zero-order chi connectivity index (χ0) is 17.4. The average Bonchev–Trinajstić information content (AvgIpc) is 2.52. The number of carbonyl (C=O) groups is 2. The maximum absolute atomic E-state index is 12.5. The quantitative estimate of drug-likeness (QED) is 0.785. The lowest BCUT2D eigenvalue weighted by Gasteiger charge is -2.56. The molecule has 5 nitrogen and oxygen atoms in total. The standard InChI is InChI=1S/C20H27N3O2/c1-13(24)21-12-14-2-4-18(5-3-14)22-19(25)23-20-9-15-6-16(10-20)8-17(7-15)11-20/h2-5,15-17H,6-12H2,1H3,(H,21,24)(H2,22,23,25). The van der Waals surface area contributed by atoms with Crippen molar-refractivity contribution in [1.82, 2.24) is 10.6 Å². The molecular formula is C20H27N3O2. The summed E-state index contributed by atoms with van der Waals surface area (Å²) in [6.07, 6.45) is 7.58. The van der Waals surface area contributed by atoms with Crippen molar-refractivity contribution in [2.24, 2.45) is 17.8 Å². The van der Waals surface area contributed by atoms with Gasteiger partial charge in [-0.05, 0) is 74.0 Å². The summed E-state index contributed by atoms with van der Waals surface area (Å²) in [7, 11) is 0. The molecule has 25 heavy (non-hydrogen) atoms. The maximum atomic E-state index is 12.5. The van der Waals surface area contributed by atoms with Gasteiger partial charge in [-0.25, -0.2) is 4.79 Å². The summed E-state index contributed by atoms with van der Waals surface area (Å²) in [6.45, 7) is 2.01. The summed E-state index contributed by atoms with van der Waals surface area (Å²) in [6, 6.07) is 7.54. The second-order valence-electron chi connectivity index (χ2n) is 8.38. The molecule has 0 radical (unpaired) electrons. The van der Waals surface area contributed by atoms with Crippen molar-refractivity contribution >= 4 is 17.6 Å². The molecule has 1 aromatic carbocycles. The van der Waals surface area contributed by atoms with E-state index in [9.17, 15) is 9.59 Å². The first-order chi connectivity index (χ1) is 12.0. The fourth-order valence-electron chi connectivity index (χ4n) is 5.60.